The second kappa shape index (κ2) is 2.68. The van der Waals surface area contributed by atoms with Crippen LogP contribution in [-0.2, 0) is 6.67 Å². The Morgan fingerprint density at radius 3 is 2.78 bits per heavy atom. The predicted molar refractivity (Wildman–Crippen MR) is 29.2 cm³/mol. The highest BCUT2D eigenvalue weighted by molar-refractivity contribution is 4.59. The van der Waals surface area contributed by atoms with E-state index in [0.29, 0.717) is 0 Å². The molecule has 0 spiro atoms. The van der Waals surface area contributed by atoms with Crippen molar-refractivity contribution in [3.05, 3.63) is 22.8 Å². The molecule has 1 rings (SSSR count). The Hall–Kier alpha value is -1.55. The van der Waals surface area contributed by atoms with Gasteiger partial charge < -0.3 is 0 Å². The number of hydrogen-bond acceptors (Lipinski definition) is 3. The Labute approximate surface area is 50.7 Å². The number of hydrogen-bond donors (Lipinski definition) is 0. The van der Waals surface area contributed by atoms with Gasteiger partial charge in [-0.25, -0.2) is 0 Å². The van der Waals surface area contributed by atoms with Crippen LogP contribution in [0.25, 0.3) is 10.4 Å². The lowest BCUT2D eigenvalue weighted by molar-refractivity contribution is 0.551. The summed E-state index contributed by atoms with van der Waals surface area (Å²) in [4.78, 5) is 3.83. The van der Waals surface area contributed by atoms with Gasteiger partial charge in [0, 0.05) is 4.91 Å². The van der Waals surface area contributed by atoms with E-state index in [1.807, 2.05) is 0 Å². The van der Waals surface area contributed by atoms with Gasteiger partial charge in [-0.3, -0.25) is 0 Å². The van der Waals surface area contributed by atoms with Gasteiger partial charge in [0.15, 0.2) is 0 Å². The topological polar surface area (TPSA) is 79.5 Å². The quantitative estimate of drug-likeness (QED) is 0.327. The van der Waals surface area contributed by atoms with Gasteiger partial charge in [0.1, 0.15) is 6.67 Å². The molecule has 0 unspecified atom stereocenters. The molecule has 0 aliphatic carbocycles. The zero-order chi connectivity index (χ0) is 6.53. The van der Waals surface area contributed by atoms with Crippen LogP contribution >= 0.6 is 0 Å². The van der Waals surface area contributed by atoms with Crippen LogP contribution in [0.3, 0.4) is 0 Å². The van der Waals surface area contributed by atoms with Crippen LogP contribution in [0.2, 0.25) is 0 Å². The minimum Gasteiger partial charge on any atom is -0.179 e. The zero-order valence-electron chi connectivity index (χ0n) is 4.55. The van der Waals surface area contributed by atoms with E-state index in [1.165, 1.54) is 17.2 Å². The molecule has 6 heteroatoms. The van der Waals surface area contributed by atoms with Crippen LogP contribution in [0.1, 0.15) is 0 Å². The maximum Gasteiger partial charge on any atom is 0.139 e. The van der Waals surface area contributed by atoms with Gasteiger partial charge in [-0.2, -0.15) is 15.0 Å². The molecular formula is C3H4N6. The maximum atomic E-state index is 7.85. The van der Waals surface area contributed by atoms with Gasteiger partial charge in [0.2, 0.25) is 0 Å². The molecule has 9 heavy (non-hydrogen) atoms. The molecule has 0 fully saturated rings. The molecule has 6 nitrogen and oxygen atoms in total. The third-order valence-electron chi connectivity index (χ3n) is 0.720. The van der Waals surface area contributed by atoms with Gasteiger partial charge in [-0.05, 0) is 5.53 Å². The van der Waals surface area contributed by atoms with Gasteiger partial charge in [0.05, 0.1) is 12.4 Å². The molecule has 46 valence electrons. The average molecular weight is 124 g/mol. The van der Waals surface area contributed by atoms with E-state index < -0.39 is 0 Å². The molecule has 1 heterocycles. The molecule has 0 aliphatic rings. The van der Waals surface area contributed by atoms with Crippen LogP contribution in [0, 0.1) is 0 Å². The minimum atomic E-state index is 0.156. The molecule has 0 saturated carbocycles. The van der Waals surface area contributed by atoms with Crippen LogP contribution < -0.4 is 0 Å². The maximum absolute atomic E-state index is 7.85. The third-order valence-corrected chi connectivity index (χ3v) is 0.720. The Balaban J connectivity index is 2.57. The molecule has 1 aromatic heterocycles. The first kappa shape index (κ1) is 5.58. The molecule has 0 N–H and O–H groups in total. The highest BCUT2D eigenvalue weighted by Gasteiger charge is 1.83. The van der Waals surface area contributed by atoms with E-state index in [9.17, 15) is 0 Å². The highest BCUT2D eigenvalue weighted by Crippen LogP contribution is 1.78. The molecule has 0 aromatic carbocycles. The fraction of sp³-hybridized carbons (Fsp3) is 0.333. The number of rotatable bonds is 2. The second-order valence-corrected chi connectivity index (χ2v) is 1.27. The fourth-order valence-electron chi connectivity index (χ4n) is 0.401. The molecule has 0 amide bonds. The van der Waals surface area contributed by atoms with Crippen molar-refractivity contribution in [2.24, 2.45) is 5.11 Å². The Morgan fingerprint density at radius 1 is 1.56 bits per heavy atom. The molecule has 0 atom stereocenters. The average Bonchev–Trinajstić information content (AvgIpc) is 2.34. The normalized spacial score (nSPS) is 8.44. The van der Waals surface area contributed by atoms with Crippen LogP contribution in [0.4, 0.5) is 0 Å². The van der Waals surface area contributed by atoms with E-state index in [-0.39, 0.29) is 6.67 Å². The van der Waals surface area contributed by atoms with Crippen molar-refractivity contribution in [2.75, 3.05) is 0 Å². The Morgan fingerprint density at radius 2 is 2.22 bits per heavy atom. The van der Waals surface area contributed by atoms with Crippen molar-refractivity contribution in [2.45, 2.75) is 6.67 Å². The summed E-state index contributed by atoms with van der Waals surface area (Å²) in [5, 5.41) is 10.6. The lowest BCUT2D eigenvalue weighted by Crippen LogP contribution is -1.97. The molecular weight excluding hydrogens is 120 g/mol. The summed E-state index contributed by atoms with van der Waals surface area (Å²) in [7, 11) is 0. The van der Waals surface area contributed by atoms with E-state index in [0.717, 1.165) is 0 Å². The van der Waals surface area contributed by atoms with Crippen molar-refractivity contribution < 1.29 is 0 Å². The zero-order valence-corrected chi connectivity index (χ0v) is 4.55. The summed E-state index contributed by atoms with van der Waals surface area (Å²) >= 11 is 0. The monoisotopic (exact) mass is 124 g/mol. The Bertz CT molecular complexity index is 206. The Kier molecular flexibility index (Phi) is 1.66. The van der Waals surface area contributed by atoms with E-state index >= 15 is 0 Å². The summed E-state index contributed by atoms with van der Waals surface area (Å²) in [6.45, 7) is 0.156. The lowest BCUT2D eigenvalue weighted by atomic mass is 11.0. The summed E-state index contributed by atoms with van der Waals surface area (Å²) in [5.41, 5.74) is 7.85. The smallest absolute Gasteiger partial charge is 0.139 e. The molecule has 0 bridgehead atoms. The third kappa shape index (κ3) is 1.43. The van der Waals surface area contributed by atoms with Crippen molar-refractivity contribution in [1.29, 1.82) is 0 Å². The first-order valence-corrected chi connectivity index (χ1v) is 2.28. The van der Waals surface area contributed by atoms with Crippen LogP contribution in [-0.4, -0.2) is 15.0 Å². The number of nitrogens with zero attached hydrogens (tertiary/aromatic N) is 6. The summed E-state index contributed by atoms with van der Waals surface area (Å²) < 4.78 is 0. The number of aromatic nitrogens is 3. The van der Waals surface area contributed by atoms with Gasteiger partial charge in [0.25, 0.3) is 0 Å². The molecule has 0 radical (unpaired) electrons. The van der Waals surface area contributed by atoms with E-state index in [4.69, 9.17) is 5.53 Å². The molecule has 0 saturated heterocycles. The summed E-state index contributed by atoms with van der Waals surface area (Å²) in [5.74, 6) is 0. The van der Waals surface area contributed by atoms with E-state index in [2.05, 4.69) is 20.2 Å². The van der Waals surface area contributed by atoms with Crippen LogP contribution in [0.5, 0.6) is 0 Å². The molecule has 1 aromatic rings. The van der Waals surface area contributed by atoms with Gasteiger partial charge in [-0.1, -0.05) is 5.11 Å². The van der Waals surface area contributed by atoms with Crippen molar-refractivity contribution >= 4 is 0 Å². The predicted octanol–water partition coefficient (Wildman–Crippen LogP) is 0.546. The van der Waals surface area contributed by atoms with Gasteiger partial charge >= 0.3 is 0 Å². The summed E-state index contributed by atoms with van der Waals surface area (Å²) in [6.07, 6.45) is 3.04. The summed E-state index contributed by atoms with van der Waals surface area (Å²) in [6, 6.07) is 0. The SMILES string of the molecule is [N-]=[N+]=NCn1nccn1. The van der Waals surface area contributed by atoms with Crippen LogP contribution in [0.15, 0.2) is 17.5 Å². The second-order valence-electron chi connectivity index (χ2n) is 1.27. The number of azide groups is 1. The first-order valence-electron chi connectivity index (χ1n) is 2.28. The van der Waals surface area contributed by atoms with Gasteiger partial charge in [-0.15, -0.1) is 0 Å². The fourth-order valence-corrected chi connectivity index (χ4v) is 0.401. The minimum absolute atomic E-state index is 0.156. The largest absolute Gasteiger partial charge is 0.179 e. The van der Waals surface area contributed by atoms with Crippen molar-refractivity contribution in [3.8, 4) is 0 Å². The van der Waals surface area contributed by atoms with E-state index in [1.54, 1.807) is 0 Å². The molecule has 0 aliphatic heterocycles. The van der Waals surface area contributed by atoms with Crippen molar-refractivity contribution in [1.82, 2.24) is 15.0 Å². The lowest BCUT2D eigenvalue weighted by Gasteiger charge is -1.86. The van der Waals surface area contributed by atoms with Crippen molar-refractivity contribution in [3.63, 3.8) is 0 Å². The standard InChI is InChI=1S/C3H4N6/c4-8-5-3-9-6-1-2-7-9/h1-2H,3H2. The first-order chi connectivity index (χ1) is 4.43. The highest BCUT2D eigenvalue weighted by atomic mass is 15.5.